The third-order valence-electron chi connectivity index (χ3n) is 3.14. The Morgan fingerprint density at radius 1 is 1.62 bits per heavy atom. The van der Waals surface area contributed by atoms with Gasteiger partial charge in [0.1, 0.15) is 24.3 Å². The van der Waals surface area contributed by atoms with Crippen LogP contribution in [0.4, 0.5) is 0 Å². The first-order valence-corrected chi connectivity index (χ1v) is 6.60. The third kappa shape index (κ3) is 4.61. The van der Waals surface area contributed by atoms with E-state index in [0.29, 0.717) is 11.5 Å². The molecule has 0 bridgehead atoms. The first-order chi connectivity index (χ1) is 9.90. The summed E-state index contributed by atoms with van der Waals surface area (Å²) in [5.41, 5.74) is 0.698. The van der Waals surface area contributed by atoms with Crippen LogP contribution >= 0.6 is 0 Å². The van der Waals surface area contributed by atoms with Crippen LogP contribution in [-0.4, -0.2) is 58.3 Å². The van der Waals surface area contributed by atoms with Gasteiger partial charge in [-0.3, -0.25) is 0 Å². The molecule has 0 aromatic carbocycles. The average Bonchev–Trinajstić information content (AvgIpc) is 2.43. The van der Waals surface area contributed by atoms with Crippen molar-refractivity contribution < 1.29 is 24.9 Å². The maximum atomic E-state index is 10.4. The van der Waals surface area contributed by atoms with Gasteiger partial charge in [-0.2, -0.15) is 0 Å². The number of hydrogen-bond acceptors (Lipinski definition) is 7. The Hall–Kier alpha value is -1.79. The molecular formula is C14H22N2O5. The molecule has 1 rings (SSSR count). The summed E-state index contributed by atoms with van der Waals surface area (Å²) in [5.74, 6) is 2.15. The highest BCUT2D eigenvalue weighted by molar-refractivity contribution is 5.44. The normalized spacial score (nSPS) is 27.5. The number of aliphatic hydroxyl groups excluding tert-OH is 3. The molecule has 0 amide bonds. The average molecular weight is 298 g/mol. The monoisotopic (exact) mass is 298 g/mol. The topological polar surface area (TPSA) is 111 Å². The summed E-state index contributed by atoms with van der Waals surface area (Å²) in [6.07, 6.45) is -0.694. The maximum absolute atomic E-state index is 10.4. The Morgan fingerprint density at radius 2 is 2.29 bits per heavy atom. The number of rotatable bonds is 7. The smallest absolute Gasteiger partial charge is 0.149 e. The molecule has 21 heavy (non-hydrogen) atoms. The molecule has 0 aromatic heterocycles. The summed E-state index contributed by atoms with van der Waals surface area (Å²) in [5, 5.41) is 34.6. The molecule has 0 radical (unpaired) electrons. The molecule has 0 fully saturated rings. The van der Waals surface area contributed by atoms with E-state index in [2.05, 4.69) is 17.2 Å². The Morgan fingerprint density at radius 3 is 2.81 bits per heavy atom. The number of nitrogens with one attached hydrogen (secondary N) is 2. The molecule has 7 nitrogen and oxygen atoms in total. The minimum Gasteiger partial charge on any atom is -0.490 e. The molecule has 118 valence electrons. The molecule has 5 atom stereocenters. The van der Waals surface area contributed by atoms with Crippen molar-refractivity contribution in [3.05, 3.63) is 30.3 Å². The van der Waals surface area contributed by atoms with Crippen molar-refractivity contribution in [2.24, 2.45) is 0 Å². The van der Waals surface area contributed by atoms with Crippen LogP contribution in [0.15, 0.2) is 30.3 Å². The van der Waals surface area contributed by atoms with Crippen LogP contribution in [0.2, 0.25) is 0 Å². The number of carbonyl (C=O) groups excluding carboxylic acids is 1. The van der Waals surface area contributed by atoms with E-state index in [0.717, 1.165) is 6.20 Å². The summed E-state index contributed by atoms with van der Waals surface area (Å²) >= 11 is 0. The van der Waals surface area contributed by atoms with Crippen LogP contribution in [-0.2, 0) is 9.53 Å². The van der Waals surface area contributed by atoms with Crippen LogP contribution in [0.1, 0.15) is 13.8 Å². The fraction of sp³-hybridized carbons (Fsp3) is 0.571. The van der Waals surface area contributed by atoms with Gasteiger partial charge in [0, 0.05) is 5.70 Å². The maximum Gasteiger partial charge on any atom is 0.149 e. The molecule has 1 aliphatic rings. The lowest BCUT2D eigenvalue weighted by Crippen LogP contribution is -2.60. The summed E-state index contributed by atoms with van der Waals surface area (Å²) < 4.78 is 5.55. The summed E-state index contributed by atoms with van der Waals surface area (Å²) in [4.78, 5) is 10.4. The first kappa shape index (κ1) is 17.3. The van der Waals surface area contributed by atoms with Crippen molar-refractivity contribution in [2.45, 2.75) is 44.2 Å². The molecule has 5 N–H and O–H groups in total. The molecule has 0 aromatic rings. The highest BCUT2D eigenvalue weighted by atomic mass is 16.5. The third-order valence-corrected chi connectivity index (χ3v) is 3.14. The van der Waals surface area contributed by atoms with Crippen molar-refractivity contribution in [3.8, 4) is 0 Å². The number of aliphatic hydroxyl groups is 3. The van der Waals surface area contributed by atoms with Gasteiger partial charge in [0.25, 0.3) is 0 Å². The van der Waals surface area contributed by atoms with Gasteiger partial charge in [-0.15, -0.1) is 0 Å². The van der Waals surface area contributed by atoms with Crippen LogP contribution < -0.4 is 10.6 Å². The second kappa shape index (κ2) is 7.85. The number of ether oxygens (including phenoxy) is 1. The Bertz CT molecular complexity index is 445. The SMILES string of the molecule is C=C(C)NC1C=C(C)O[C@@H](C(O)C(O)CO)C1NC=C=O. The lowest BCUT2D eigenvalue weighted by atomic mass is 9.92. The fourth-order valence-corrected chi connectivity index (χ4v) is 2.24. The largest absolute Gasteiger partial charge is 0.490 e. The standard InChI is InChI=1S/C14H22N2O5/c1-8(2)16-10-6-9(3)21-14(12(10)15-4-5-17)13(20)11(19)7-18/h4,6,10-16,18-20H,1,7H2,2-3H3/t10?,11?,12?,13?,14-/m1/s1. The minimum absolute atomic E-state index is 0.314. The van der Waals surface area contributed by atoms with Gasteiger partial charge in [0.2, 0.25) is 0 Å². The molecular weight excluding hydrogens is 276 g/mol. The van der Waals surface area contributed by atoms with E-state index in [-0.39, 0.29) is 6.04 Å². The second-order valence-electron chi connectivity index (χ2n) is 5.01. The molecule has 4 unspecified atom stereocenters. The van der Waals surface area contributed by atoms with Crippen molar-refractivity contribution >= 4 is 5.94 Å². The van der Waals surface area contributed by atoms with E-state index in [1.807, 2.05) is 0 Å². The molecule has 0 aliphatic carbocycles. The zero-order valence-electron chi connectivity index (χ0n) is 12.1. The zero-order chi connectivity index (χ0) is 16.0. The van der Waals surface area contributed by atoms with Crippen molar-refractivity contribution in [3.63, 3.8) is 0 Å². The Balaban J connectivity index is 3.05. The molecule has 0 saturated carbocycles. The molecule has 0 spiro atoms. The van der Waals surface area contributed by atoms with E-state index in [4.69, 9.17) is 9.84 Å². The summed E-state index contributed by atoms with van der Waals surface area (Å²) in [6.45, 7) is 6.65. The minimum atomic E-state index is -1.35. The molecule has 1 aliphatic heterocycles. The van der Waals surface area contributed by atoms with Crippen molar-refractivity contribution in [1.82, 2.24) is 10.6 Å². The Kier molecular flexibility index (Phi) is 6.45. The van der Waals surface area contributed by atoms with E-state index >= 15 is 0 Å². The highest BCUT2D eigenvalue weighted by Gasteiger charge is 2.40. The Labute approximate surface area is 123 Å². The summed E-state index contributed by atoms with van der Waals surface area (Å²) in [6, 6.07) is -0.866. The lowest BCUT2D eigenvalue weighted by Gasteiger charge is -2.40. The van der Waals surface area contributed by atoms with Gasteiger partial charge < -0.3 is 30.7 Å². The fourth-order valence-electron chi connectivity index (χ4n) is 2.24. The molecule has 0 saturated heterocycles. The van der Waals surface area contributed by atoms with Crippen molar-refractivity contribution in [2.75, 3.05) is 6.61 Å². The molecule has 7 heteroatoms. The van der Waals surface area contributed by atoms with Gasteiger partial charge in [0.05, 0.1) is 30.6 Å². The van der Waals surface area contributed by atoms with Crippen LogP contribution in [0.5, 0.6) is 0 Å². The van der Waals surface area contributed by atoms with Gasteiger partial charge in [-0.25, -0.2) is 4.79 Å². The number of hydrogen-bond donors (Lipinski definition) is 5. The summed E-state index contributed by atoms with van der Waals surface area (Å²) in [7, 11) is 0. The highest BCUT2D eigenvalue weighted by Crippen LogP contribution is 2.22. The van der Waals surface area contributed by atoms with Gasteiger partial charge in [-0.1, -0.05) is 6.58 Å². The lowest BCUT2D eigenvalue weighted by molar-refractivity contribution is -0.102. The van der Waals surface area contributed by atoms with Crippen molar-refractivity contribution in [1.29, 1.82) is 0 Å². The van der Waals surface area contributed by atoms with Crippen LogP contribution in [0.25, 0.3) is 0 Å². The predicted octanol–water partition coefficient (Wildman–Crippen LogP) is -1.20. The first-order valence-electron chi connectivity index (χ1n) is 6.60. The number of allylic oxidation sites excluding steroid dienone is 2. The second-order valence-corrected chi connectivity index (χ2v) is 5.01. The van der Waals surface area contributed by atoms with E-state index in [9.17, 15) is 15.0 Å². The predicted molar refractivity (Wildman–Crippen MR) is 76.7 cm³/mol. The van der Waals surface area contributed by atoms with E-state index < -0.39 is 31.0 Å². The van der Waals surface area contributed by atoms with Crippen LogP contribution in [0.3, 0.4) is 0 Å². The van der Waals surface area contributed by atoms with Gasteiger partial charge in [-0.05, 0) is 19.9 Å². The quantitative estimate of drug-likeness (QED) is 0.375. The van der Waals surface area contributed by atoms with E-state index in [1.54, 1.807) is 25.9 Å². The van der Waals surface area contributed by atoms with E-state index in [1.165, 1.54) is 0 Å². The van der Waals surface area contributed by atoms with Gasteiger partial charge >= 0.3 is 0 Å². The molecule has 1 heterocycles. The zero-order valence-corrected chi connectivity index (χ0v) is 12.1. The van der Waals surface area contributed by atoms with Gasteiger partial charge in [0.15, 0.2) is 0 Å². The van der Waals surface area contributed by atoms with Crippen LogP contribution in [0, 0.1) is 0 Å².